The molecule has 0 atom stereocenters. The van der Waals surface area contributed by atoms with Crippen molar-refractivity contribution in [2.24, 2.45) is 0 Å². The van der Waals surface area contributed by atoms with Gasteiger partial charge in [-0.1, -0.05) is 5.16 Å². The van der Waals surface area contributed by atoms with Crippen LogP contribution < -0.4 is 5.32 Å². The average molecular weight is 253 g/mol. The van der Waals surface area contributed by atoms with Gasteiger partial charge in [0, 0.05) is 19.6 Å². The number of ether oxygens (including phenoxy) is 1. The van der Waals surface area contributed by atoms with Gasteiger partial charge in [0.1, 0.15) is 6.61 Å². The van der Waals surface area contributed by atoms with Gasteiger partial charge in [-0.3, -0.25) is 0 Å². The molecule has 0 aliphatic rings. The minimum Gasteiger partial charge on any atom is -0.372 e. The van der Waals surface area contributed by atoms with Crippen LogP contribution in [0.25, 0.3) is 0 Å². The first-order chi connectivity index (χ1) is 8.08. The number of nitrogens with one attached hydrogen (secondary N) is 1. The van der Waals surface area contributed by atoms with Crippen LogP contribution in [0.3, 0.4) is 0 Å². The van der Waals surface area contributed by atoms with Crippen LogP contribution in [0.1, 0.15) is 12.3 Å². The molecule has 0 saturated carbocycles. The molecule has 8 heteroatoms. The highest BCUT2D eigenvalue weighted by Gasteiger charge is 2.27. The normalized spacial score (nSPS) is 11.9. The number of rotatable bonds is 8. The molecule has 98 valence electrons. The Morgan fingerprint density at radius 2 is 2.18 bits per heavy atom. The van der Waals surface area contributed by atoms with Crippen molar-refractivity contribution in [2.75, 3.05) is 26.3 Å². The van der Waals surface area contributed by atoms with Gasteiger partial charge >= 0.3 is 6.18 Å². The van der Waals surface area contributed by atoms with E-state index in [1.165, 1.54) is 6.33 Å². The summed E-state index contributed by atoms with van der Waals surface area (Å²) in [4.78, 5) is 3.82. The van der Waals surface area contributed by atoms with Gasteiger partial charge in [-0.2, -0.15) is 18.2 Å². The quantitative estimate of drug-likeness (QED) is 0.705. The molecule has 1 heterocycles. The predicted octanol–water partition coefficient (Wildman–Crippen LogP) is 1.17. The molecule has 0 amide bonds. The third-order valence-corrected chi connectivity index (χ3v) is 1.83. The summed E-state index contributed by atoms with van der Waals surface area (Å²) in [6.45, 7) is 0.134. The van der Waals surface area contributed by atoms with Gasteiger partial charge < -0.3 is 14.6 Å². The van der Waals surface area contributed by atoms with Crippen LogP contribution in [0, 0.1) is 0 Å². The molecule has 0 bridgehead atoms. The van der Waals surface area contributed by atoms with Crippen LogP contribution in [0.15, 0.2) is 10.9 Å². The second-order valence-corrected chi connectivity index (χ2v) is 3.36. The van der Waals surface area contributed by atoms with Gasteiger partial charge in [0.05, 0.1) is 0 Å². The lowest BCUT2D eigenvalue weighted by Crippen LogP contribution is -2.22. The van der Waals surface area contributed by atoms with E-state index in [-0.39, 0.29) is 6.61 Å². The van der Waals surface area contributed by atoms with Crippen molar-refractivity contribution in [3.05, 3.63) is 12.2 Å². The number of nitrogens with zero attached hydrogens (tertiary/aromatic N) is 2. The van der Waals surface area contributed by atoms with E-state index < -0.39 is 12.8 Å². The van der Waals surface area contributed by atoms with Crippen LogP contribution >= 0.6 is 0 Å². The highest BCUT2D eigenvalue weighted by atomic mass is 19.4. The maximum Gasteiger partial charge on any atom is 0.411 e. The molecule has 1 aromatic rings. The van der Waals surface area contributed by atoms with Crippen molar-refractivity contribution in [3.63, 3.8) is 0 Å². The van der Waals surface area contributed by atoms with Gasteiger partial charge in [0.15, 0.2) is 6.33 Å². The lowest BCUT2D eigenvalue weighted by molar-refractivity contribution is -0.173. The number of alkyl halides is 3. The summed E-state index contributed by atoms with van der Waals surface area (Å²) < 4.78 is 44.2. The monoisotopic (exact) mass is 253 g/mol. The van der Waals surface area contributed by atoms with E-state index in [1.54, 1.807) is 0 Å². The van der Waals surface area contributed by atoms with E-state index >= 15 is 0 Å². The first-order valence-corrected chi connectivity index (χ1v) is 5.19. The third kappa shape index (κ3) is 7.70. The molecule has 0 aliphatic heterocycles. The number of halogens is 3. The summed E-state index contributed by atoms with van der Waals surface area (Å²) in [6, 6.07) is 0. The summed E-state index contributed by atoms with van der Waals surface area (Å²) in [5.74, 6) is 0.533. The fourth-order valence-electron chi connectivity index (χ4n) is 1.11. The van der Waals surface area contributed by atoms with Crippen molar-refractivity contribution >= 4 is 0 Å². The zero-order chi connectivity index (χ0) is 12.6. The van der Waals surface area contributed by atoms with Crippen LogP contribution in [0.5, 0.6) is 0 Å². The van der Waals surface area contributed by atoms with Crippen molar-refractivity contribution in [2.45, 2.75) is 19.0 Å². The lowest BCUT2D eigenvalue weighted by atomic mass is 10.4. The fraction of sp³-hybridized carbons (Fsp3) is 0.778. The molecule has 0 radical (unpaired) electrons. The van der Waals surface area contributed by atoms with Crippen LogP contribution in [-0.2, 0) is 11.2 Å². The Bertz CT molecular complexity index is 290. The SMILES string of the molecule is FC(F)(F)COCCCNCCc1ncno1. The van der Waals surface area contributed by atoms with Gasteiger partial charge in [-0.15, -0.1) is 0 Å². The zero-order valence-electron chi connectivity index (χ0n) is 9.16. The topological polar surface area (TPSA) is 60.2 Å². The van der Waals surface area contributed by atoms with Crippen molar-refractivity contribution < 1.29 is 22.4 Å². The number of hydrogen-bond donors (Lipinski definition) is 1. The molecule has 0 unspecified atom stereocenters. The smallest absolute Gasteiger partial charge is 0.372 e. The zero-order valence-corrected chi connectivity index (χ0v) is 9.16. The molecular formula is C9H14F3N3O2. The molecular weight excluding hydrogens is 239 g/mol. The Morgan fingerprint density at radius 3 is 2.82 bits per heavy atom. The van der Waals surface area contributed by atoms with E-state index in [0.717, 1.165) is 0 Å². The largest absolute Gasteiger partial charge is 0.411 e. The fourth-order valence-corrected chi connectivity index (χ4v) is 1.11. The molecule has 1 aromatic heterocycles. The molecule has 5 nitrogen and oxygen atoms in total. The van der Waals surface area contributed by atoms with Gasteiger partial charge in [-0.25, -0.2) is 0 Å². The molecule has 17 heavy (non-hydrogen) atoms. The summed E-state index contributed by atoms with van der Waals surface area (Å²) in [5.41, 5.74) is 0. The maximum atomic E-state index is 11.7. The summed E-state index contributed by atoms with van der Waals surface area (Å²) in [5, 5.41) is 6.48. The van der Waals surface area contributed by atoms with E-state index in [0.29, 0.717) is 31.8 Å². The lowest BCUT2D eigenvalue weighted by Gasteiger charge is -2.07. The Hall–Kier alpha value is -1.15. The highest BCUT2D eigenvalue weighted by Crippen LogP contribution is 2.14. The summed E-state index contributed by atoms with van der Waals surface area (Å²) in [6.07, 6.45) is -1.80. The van der Waals surface area contributed by atoms with Gasteiger partial charge in [0.25, 0.3) is 0 Å². The molecule has 1 N–H and O–H groups in total. The summed E-state index contributed by atoms with van der Waals surface area (Å²) >= 11 is 0. The molecule has 0 aromatic carbocycles. The Morgan fingerprint density at radius 1 is 1.35 bits per heavy atom. The van der Waals surface area contributed by atoms with Crippen LogP contribution in [0.4, 0.5) is 13.2 Å². The molecule has 0 spiro atoms. The molecule has 0 fully saturated rings. The van der Waals surface area contributed by atoms with E-state index in [2.05, 4.69) is 20.2 Å². The minimum atomic E-state index is -4.24. The third-order valence-electron chi connectivity index (χ3n) is 1.83. The molecule has 0 saturated heterocycles. The first-order valence-electron chi connectivity index (χ1n) is 5.19. The summed E-state index contributed by atoms with van der Waals surface area (Å²) in [7, 11) is 0. The van der Waals surface area contributed by atoms with Crippen molar-refractivity contribution in [1.29, 1.82) is 0 Å². The van der Waals surface area contributed by atoms with Crippen LogP contribution in [0.2, 0.25) is 0 Å². The first kappa shape index (κ1) is 13.9. The van der Waals surface area contributed by atoms with Gasteiger partial charge in [-0.05, 0) is 13.0 Å². The second-order valence-electron chi connectivity index (χ2n) is 3.36. The standard InChI is InChI=1S/C9H14F3N3O2/c10-9(11,12)6-16-5-1-3-13-4-2-8-14-7-15-17-8/h7,13H,1-6H2. The van der Waals surface area contributed by atoms with E-state index in [1.807, 2.05) is 0 Å². The van der Waals surface area contributed by atoms with Crippen molar-refractivity contribution in [3.8, 4) is 0 Å². The highest BCUT2D eigenvalue weighted by molar-refractivity contribution is 4.74. The minimum absolute atomic E-state index is 0.0903. The average Bonchev–Trinajstić information content (AvgIpc) is 2.73. The Kier molecular flexibility index (Phi) is 5.92. The Balaban J connectivity index is 1.85. The maximum absolute atomic E-state index is 11.7. The van der Waals surface area contributed by atoms with Crippen LogP contribution in [-0.4, -0.2) is 42.6 Å². The molecule has 0 aliphatic carbocycles. The predicted molar refractivity (Wildman–Crippen MR) is 52.4 cm³/mol. The van der Waals surface area contributed by atoms with Gasteiger partial charge in [0.2, 0.25) is 5.89 Å². The number of aromatic nitrogens is 2. The molecule has 1 rings (SSSR count). The Labute approximate surface area is 96.3 Å². The van der Waals surface area contributed by atoms with E-state index in [9.17, 15) is 13.2 Å². The van der Waals surface area contributed by atoms with E-state index in [4.69, 9.17) is 4.52 Å². The number of hydrogen-bond acceptors (Lipinski definition) is 5. The van der Waals surface area contributed by atoms with Crippen molar-refractivity contribution in [1.82, 2.24) is 15.5 Å². The second kappa shape index (κ2) is 7.23.